The van der Waals surface area contributed by atoms with Crippen molar-refractivity contribution in [1.82, 2.24) is 20.4 Å². The van der Waals surface area contributed by atoms with Gasteiger partial charge >= 0.3 is 0 Å². The molecule has 25 heavy (non-hydrogen) atoms. The summed E-state index contributed by atoms with van der Waals surface area (Å²) in [6.45, 7) is 3.76. The fourth-order valence-electron chi connectivity index (χ4n) is 2.91. The first-order chi connectivity index (χ1) is 12.2. The summed E-state index contributed by atoms with van der Waals surface area (Å²) >= 11 is 0. The Morgan fingerprint density at radius 3 is 2.88 bits per heavy atom. The molecule has 2 aromatic rings. The number of likely N-dealkylation sites (N-methyl/N-ethyl adjacent to an activating group) is 1. The normalized spacial score (nSPS) is 17.5. The van der Waals surface area contributed by atoms with Crippen LogP contribution in [0.1, 0.15) is 41.8 Å². The van der Waals surface area contributed by atoms with Gasteiger partial charge in [0.05, 0.1) is 0 Å². The number of carbonyl (C=O) groups excluding carboxylic acids is 1. The van der Waals surface area contributed by atoms with Crippen LogP contribution in [0, 0.1) is 0 Å². The molecule has 1 unspecified atom stereocenters. The molecule has 0 spiro atoms. The summed E-state index contributed by atoms with van der Waals surface area (Å²) in [6, 6.07) is 7.58. The number of carbonyl (C=O) groups is 1. The standard InChI is InChI=1S/C18H24N4O3/c1-3-17-20-16(21-25-17)12-24-15-8-6-13(7-9-15)18(23)22-10-4-5-14(11-22)19-2/h6-9,14,19H,3-5,10-12H2,1-2H3. The lowest BCUT2D eigenvalue weighted by molar-refractivity contribution is 0.0698. The summed E-state index contributed by atoms with van der Waals surface area (Å²) < 4.78 is 10.7. The zero-order valence-electron chi connectivity index (χ0n) is 14.7. The van der Waals surface area contributed by atoms with Crippen molar-refractivity contribution < 1.29 is 14.1 Å². The van der Waals surface area contributed by atoms with Crippen molar-refractivity contribution in [2.75, 3.05) is 20.1 Å². The van der Waals surface area contributed by atoms with E-state index in [0.29, 0.717) is 35.5 Å². The van der Waals surface area contributed by atoms with Crippen LogP contribution in [0.4, 0.5) is 0 Å². The third-order valence-corrected chi connectivity index (χ3v) is 4.40. The molecule has 1 aliphatic rings. The summed E-state index contributed by atoms with van der Waals surface area (Å²) in [6.07, 6.45) is 2.85. The third kappa shape index (κ3) is 4.36. The molecule has 0 aliphatic carbocycles. The average Bonchev–Trinajstić information content (AvgIpc) is 3.14. The summed E-state index contributed by atoms with van der Waals surface area (Å²) in [5.41, 5.74) is 0.678. The topological polar surface area (TPSA) is 80.5 Å². The van der Waals surface area contributed by atoms with Crippen LogP contribution in [-0.2, 0) is 13.0 Å². The van der Waals surface area contributed by atoms with Crippen LogP contribution in [0.15, 0.2) is 28.8 Å². The number of benzene rings is 1. The second-order valence-corrected chi connectivity index (χ2v) is 6.15. The highest BCUT2D eigenvalue weighted by atomic mass is 16.5. The molecule has 7 heteroatoms. The van der Waals surface area contributed by atoms with Crippen molar-refractivity contribution in [2.45, 2.75) is 38.8 Å². The van der Waals surface area contributed by atoms with Gasteiger partial charge in [-0.2, -0.15) is 4.98 Å². The minimum atomic E-state index is 0.0669. The number of aryl methyl sites for hydroxylation is 1. The van der Waals surface area contributed by atoms with Crippen LogP contribution in [-0.4, -0.2) is 47.1 Å². The number of ether oxygens (including phenoxy) is 1. The van der Waals surface area contributed by atoms with Crippen molar-refractivity contribution >= 4 is 5.91 Å². The van der Waals surface area contributed by atoms with Crippen molar-refractivity contribution in [2.24, 2.45) is 0 Å². The van der Waals surface area contributed by atoms with Crippen LogP contribution < -0.4 is 10.1 Å². The molecule has 1 N–H and O–H groups in total. The molecule has 7 nitrogen and oxygen atoms in total. The second-order valence-electron chi connectivity index (χ2n) is 6.15. The summed E-state index contributed by atoms with van der Waals surface area (Å²) in [4.78, 5) is 18.7. The molecule has 1 aromatic heterocycles. The predicted molar refractivity (Wildman–Crippen MR) is 92.4 cm³/mol. The maximum Gasteiger partial charge on any atom is 0.253 e. The van der Waals surface area contributed by atoms with Gasteiger partial charge in [-0.3, -0.25) is 4.79 Å². The van der Waals surface area contributed by atoms with Gasteiger partial charge in [-0.25, -0.2) is 0 Å². The Balaban J connectivity index is 1.56. The van der Waals surface area contributed by atoms with E-state index >= 15 is 0 Å². The van der Waals surface area contributed by atoms with E-state index in [2.05, 4.69) is 15.5 Å². The number of rotatable bonds is 6. The van der Waals surface area contributed by atoms with Crippen LogP contribution in [0.5, 0.6) is 5.75 Å². The highest BCUT2D eigenvalue weighted by Crippen LogP contribution is 2.17. The molecule has 2 heterocycles. The number of nitrogens with zero attached hydrogens (tertiary/aromatic N) is 3. The van der Waals surface area contributed by atoms with Crippen LogP contribution in [0.2, 0.25) is 0 Å². The summed E-state index contributed by atoms with van der Waals surface area (Å²) in [5.74, 6) is 1.85. The number of hydrogen-bond donors (Lipinski definition) is 1. The van der Waals surface area contributed by atoms with Crippen LogP contribution in [0.25, 0.3) is 0 Å². The SMILES string of the molecule is CCc1nc(COc2ccc(C(=O)N3CCCC(NC)C3)cc2)no1. The van der Waals surface area contributed by atoms with E-state index < -0.39 is 0 Å². The maximum absolute atomic E-state index is 12.6. The quantitative estimate of drug-likeness (QED) is 0.864. The van der Waals surface area contributed by atoms with Gasteiger partial charge in [-0.05, 0) is 44.2 Å². The zero-order chi connectivity index (χ0) is 17.6. The molecule has 0 bridgehead atoms. The Morgan fingerprint density at radius 2 is 2.20 bits per heavy atom. The van der Waals surface area contributed by atoms with Gasteiger partial charge in [-0.15, -0.1) is 0 Å². The predicted octanol–water partition coefficient (Wildman–Crippen LogP) is 2.04. The number of piperidine rings is 1. The van der Waals surface area contributed by atoms with Gasteiger partial charge in [0.15, 0.2) is 6.61 Å². The molecule has 0 saturated carbocycles. The zero-order valence-corrected chi connectivity index (χ0v) is 14.7. The van der Waals surface area contributed by atoms with Crippen LogP contribution >= 0.6 is 0 Å². The molecule has 1 amide bonds. The Bertz CT molecular complexity index is 699. The molecule has 1 fully saturated rings. The van der Waals surface area contributed by atoms with E-state index in [0.717, 1.165) is 25.9 Å². The van der Waals surface area contributed by atoms with E-state index in [1.54, 1.807) is 24.3 Å². The molecule has 134 valence electrons. The molecule has 1 atom stereocenters. The van der Waals surface area contributed by atoms with Gasteiger partial charge in [0.1, 0.15) is 5.75 Å². The fourth-order valence-corrected chi connectivity index (χ4v) is 2.91. The number of amides is 1. The van der Waals surface area contributed by atoms with E-state index in [1.165, 1.54) is 0 Å². The first-order valence-electron chi connectivity index (χ1n) is 8.70. The Hall–Kier alpha value is -2.41. The summed E-state index contributed by atoms with van der Waals surface area (Å²) in [7, 11) is 1.94. The van der Waals surface area contributed by atoms with E-state index in [-0.39, 0.29) is 12.5 Å². The first kappa shape index (κ1) is 17.4. The first-order valence-corrected chi connectivity index (χ1v) is 8.70. The Morgan fingerprint density at radius 1 is 1.40 bits per heavy atom. The molecular formula is C18H24N4O3. The van der Waals surface area contributed by atoms with E-state index in [9.17, 15) is 4.79 Å². The van der Waals surface area contributed by atoms with Crippen molar-refractivity contribution in [3.8, 4) is 5.75 Å². The van der Waals surface area contributed by atoms with E-state index in [1.807, 2.05) is 18.9 Å². The monoisotopic (exact) mass is 344 g/mol. The van der Waals surface area contributed by atoms with Crippen molar-refractivity contribution in [3.63, 3.8) is 0 Å². The number of nitrogens with one attached hydrogen (secondary N) is 1. The molecular weight excluding hydrogens is 320 g/mol. The Labute approximate surface area is 147 Å². The molecule has 3 rings (SSSR count). The lowest BCUT2D eigenvalue weighted by Crippen LogP contribution is -2.46. The molecule has 1 aliphatic heterocycles. The molecule has 0 radical (unpaired) electrons. The largest absolute Gasteiger partial charge is 0.485 e. The van der Waals surface area contributed by atoms with Gasteiger partial charge in [0, 0.05) is 31.1 Å². The Kier molecular flexibility index (Phi) is 5.65. The molecule has 1 saturated heterocycles. The number of hydrogen-bond acceptors (Lipinski definition) is 6. The second kappa shape index (κ2) is 8.11. The van der Waals surface area contributed by atoms with Crippen molar-refractivity contribution in [1.29, 1.82) is 0 Å². The summed E-state index contributed by atoms with van der Waals surface area (Å²) in [5, 5.41) is 7.10. The fraction of sp³-hybridized carbons (Fsp3) is 0.500. The third-order valence-electron chi connectivity index (χ3n) is 4.40. The highest BCUT2D eigenvalue weighted by Gasteiger charge is 2.23. The number of aromatic nitrogens is 2. The number of likely N-dealkylation sites (tertiary alicyclic amines) is 1. The lowest BCUT2D eigenvalue weighted by atomic mass is 10.0. The smallest absolute Gasteiger partial charge is 0.253 e. The lowest BCUT2D eigenvalue weighted by Gasteiger charge is -2.32. The van der Waals surface area contributed by atoms with Crippen LogP contribution in [0.3, 0.4) is 0 Å². The van der Waals surface area contributed by atoms with Gasteiger partial charge in [0.2, 0.25) is 11.7 Å². The average molecular weight is 344 g/mol. The van der Waals surface area contributed by atoms with Gasteiger partial charge < -0.3 is 19.5 Å². The van der Waals surface area contributed by atoms with Gasteiger partial charge in [-0.1, -0.05) is 12.1 Å². The maximum atomic E-state index is 12.6. The highest BCUT2D eigenvalue weighted by molar-refractivity contribution is 5.94. The molecule has 1 aromatic carbocycles. The van der Waals surface area contributed by atoms with Crippen molar-refractivity contribution in [3.05, 3.63) is 41.5 Å². The van der Waals surface area contributed by atoms with E-state index in [4.69, 9.17) is 9.26 Å². The minimum absolute atomic E-state index is 0.0669. The van der Waals surface area contributed by atoms with Gasteiger partial charge in [0.25, 0.3) is 5.91 Å². The minimum Gasteiger partial charge on any atom is -0.485 e.